The summed E-state index contributed by atoms with van der Waals surface area (Å²) in [5, 5.41) is 4.38. The number of hydrogen-bond acceptors (Lipinski definition) is 4. The topological polar surface area (TPSA) is 64.7 Å². The molecule has 0 amide bonds. The summed E-state index contributed by atoms with van der Waals surface area (Å²) >= 11 is 0. The van der Waals surface area contributed by atoms with Gasteiger partial charge in [-0.1, -0.05) is 24.6 Å². The minimum absolute atomic E-state index is 0.0249. The number of rotatable bonds is 3. The highest BCUT2D eigenvalue weighted by atomic mass is 16.6. The summed E-state index contributed by atoms with van der Waals surface area (Å²) < 4.78 is 0. The molecule has 4 aliphatic carbocycles. The van der Waals surface area contributed by atoms with Crippen molar-refractivity contribution in [3.63, 3.8) is 0 Å². The molecule has 0 aromatic rings. The Morgan fingerprint density at radius 1 is 1.11 bits per heavy atom. The minimum atomic E-state index is -0.355. The van der Waals surface area contributed by atoms with Crippen LogP contribution in [0.1, 0.15) is 79.1 Å². The van der Waals surface area contributed by atoms with E-state index in [-0.39, 0.29) is 16.4 Å². The van der Waals surface area contributed by atoms with E-state index in [9.17, 15) is 4.79 Å². The van der Waals surface area contributed by atoms with Crippen molar-refractivity contribution in [2.45, 2.75) is 84.6 Å². The number of nitrogens with zero attached hydrogens (tertiary/aromatic N) is 1. The van der Waals surface area contributed by atoms with Crippen molar-refractivity contribution in [1.29, 1.82) is 0 Å². The third-order valence-electron chi connectivity index (χ3n) is 8.30. The van der Waals surface area contributed by atoms with E-state index < -0.39 is 0 Å². The third-order valence-corrected chi connectivity index (χ3v) is 8.30. The fourth-order valence-corrected chi connectivity index (χ4v) is 6.70. The second kappa shape index (κ2) is 6.43. The molecule has 4 heteroatoms. The lowest BCUT2D eigenvalue weighted by atomic mass is 9.47. The number of fused-ring (bicyclic) bond motifs is 5. The van der Waals surface area contributed by atoms with Crippen LogP contribution in [-0.4, -0.2) is 23.6 Å². The van der Waals surface area contributed by atoms with E-state index in [2.05, 4.69) is 25.1 Å². The summed E-state index contributed by atoms with van der Waals surface area (Å²) in [6, 6.07) is 0. The molecule has 150 valence electrons. The summed E-state index contributed by atoms with van der Waals surface area (Å²) in [5.41, 5.74) is 8.52. The molecule has 0 spiro atoms. The molecular weight excluding hydrogens is 336 g/mol. The first-order chi connectivity index (χ1) is 12.6. The molecule has 0 aromatic carbocycles. The fourth-order valence-electron chi connectivity index (χ4n) is 6.70. The lowest BCUT2D eigenvalue weighted by molar-refractivity contribution is -0.132. The number of ketones is 1. The Kier molecular flexibility index (Phi) is 4.57. The van der Waals surface area contributed by atoms with E-state index in [0.29, 0.717) is 18.3 Å². The van der Waals surface area contributed by atoms with Gasteiger partial charge in [0.1, 0.15) is 12.4 Å². The maximum absolute atomic E-state index is 12.5. The van der Waals surface area contributed by atoms with E-state index in [0.717, 1.165) is 56.1 Å². The second-order valence-corrected chi connectivity index (χ2v) is 10.8. The monoisotopic (exact) mass is 372 g/mol. The molecule has 3 saturated carbocycles. The van der Waals surface area contributed by atoms with Crippen molar-refractivity contribution >= 4 is 11.5 Å². The average Bonchev–Trinajstić information content (AvgIpc) is 2.89. The Bertz CT molecular complexity index is 689. The summed E-state index contributed by atoms with van der Waals surface area (Å²) in [6.45, 7) is 9.09. The largest absolute Gasteiger partial charge is 0.394 e. The maximum Gasteiger partial charge on any atom is 0.139 e. The molecule has 5 atom stereocenters. The van der Waals surface area contributed by atoms with E-state index in [1.165, 1.54) is 12.8 Å². The second-order valence-electron chi connectivity index (χ2n) is 10.8. The number of oxime groups is 1. The Balaban J connectivity index is 1.53. The van der Waals surface area contributed by atoms with Crippen LogP contribution in [0.4, 0.5) is 0 Å². The van der Waals surface area contributed by atoms with Crippen LogP contribution in [-0.2, 0) is 9.63 Å². The predicted octanol–water partition coefficient (Wildman–Crippen LogP) is 4.63. The first-order valence-corrected chi connectivity index (χ1v) is 10.9. The smallest absolute Gasteiger partial charge is 0.139 e. The van der Waals surface area contributed by atoms with Crippen LogP contribution < -0.4 is 5.73 Å². The molecule has 0 aromatic heterocycles. The molecule has 3 fully saturated rings. The van der Waals surface area contributed by atoms with Gasteiger partial charge in [0.25, 0.3) is 0 Å². The quantitative estimate of drug-likeness (QED) is 0.735. The maximum atomic E-state index is 12.5. The van der Waals surface area contributed by atoms with Gasteiger partial charge in [-0.05, 0) is 88.0 Å². The Morgan fingerprint density at radius 2 is 1.85 bits per heavy atom. The molecule has 0 saturated heterocycles. The van der Waals surface area contributed by atoms with E-state index in [1.807, 2.05) is 13.8 Å². The zero-order chi connectivity index (χ0) is 19.4. The average molecular weight is 373 g/mol. The number of Topliss-reactive ketones (excluding diaryl/α,β-unsaturated/α-hetero) is 1. The highest BCUT2D eigenvalue weighted by Crippen LogP contribution is 2.64. The normalized spacial score (nSPS) is 43.0. The molecule has 4 aliphatic rings. The van der Waals surface area contributed by atoms with Crippen molar-refractivity contribution < 1.29 is 9.63 Å². The number of hydrogen-bond donors (Lipinski definition) is 1. The van der Waals surface area contributed by atoms with E-state index >= 15 is 0 Å². The van der Waals surface area contributed by atoms with Crippen molar-refractivity contribution in [1.82, 2.24) is 0 Å². The number of carbonyl (C=O) groups excluding carboxylic acids is 1. The van der Waals surface area contributed by atoms with Crippen molar-refractivity contribution in [3.05, 3.63) is 11.6 Å². The minimum Gasteiger partial charge on any atom is -0.394 e. The fraction of sp³-hybridized carbons (Fsp3) is 0.826. The van der Waals surface area contributed by atoms with Crippen LogP contribution in [0.15, 0.2) is 16.8 Å². The molecule has 0 heterocycles. The van der Waals surface area contributed by atoms with Crippen molar-refractivity contribution in [2.24, 2.45) is 39.5 Å². The third kappa shape index (κ3) is 3.18. The number of nitrogens with two attached hydrogens (primary N) is 1. The molecule has 0 radical (unpaired) electrons. The standard InChI is InChI=1S/C23H36N2O2/c1-21(2,24)14-27-25-16-9-11-22(3)15(13-16)5-6-17-18-7-8-20(26)23(18,4)12-10-19(17)22/h13,17-19H,5-12,14,24H2,1-4H3/b25-16+/t17?,18?,19?,22-,23-/m0/s1. The summed E-state index contributed by atoms with van der Waals surface area (Å²) in [5.74, 6) is 2.61. The van der Waals surface area contributed by atoms with Crippen LogP contribution in [0.25, 0.3) is 0 Å². The van der Waals surface area contributed by atoms with Gasteiger partial charge in [0.05, 0.1) is 5.71 Å². The van der Waals surface area contributed by atoms with Crippen LogP contribution >= 0.6 is 0 Å². The number of allylic oxidation sites excluding steroid dienone is 2. The molecule has 3 unspecified atom stereocenters. The van der Waals surface area contributed by atoms with Gasteiger partial charge < -0.3 is 10.6 Å². The summed E-state index contributed by atoms with van der Waals surface area (Å²) in [7, 11) is 0. The van der Waals surface area contributed by atoms with Gasteiger partial charge in [-0.2, -0.15) is 0 Å². The van der Waals surface area contributed by atoms with Crippen LogP contribution in [0.3, 0.4) is 0 Å². The molecular formula is C23H36N2O2. The van der Waals surface area contributed by atoms with Gasteiger partial charge >= 0.3 is 0 Å². The Labute approximate surface area is 164 Å². The lowest BCUT2D eigenvalue weighted by Gasteiger charge is -2.57. The molecule has 27 heavy (non-hydrogen) atoms. The van der Waals surface area contributed by atoms with Gasteiger partial charge in [-0.15, -0.1) is 0 Å². The van der Waals surface area contributed by atoms with E-state index in [1.54, 1.807) is 5.57 Å². The van der Waals surface area contributed by atoms with Gasteiger partial charge in [0, 0.05) is 17.4 Å². The Morgan fingerprint density at radius 3 is 2.59 bits per heavy atom. The Hall–Kier alpha value is -1.16. The van der Waals surface area contributed by atoms with Gasteiger partial charge in [0.2, 0.25) is 0 Å². The van der Waals surface area contributed by atoms with Crippen LogP contribution in [0.5, 0.6) is 0 Å². The highest BCUT2D eigenvalue weighted by molar-refractivity contribution is 5.96. The number of carbonyl (C=O) groups is 1. The highest BCUT2D eigenvalue weighted by Gasteiger charge is 2.58. The first kappa shape index (κ1) is 19.2. The molecule has 2 N–H and O–H groups in total. The SMILES string of the molecule is CC(C)(N)CO/N=C1/C=C2CCC3C(CC[C@]4(C)C(=O)CCC34)[C@@]2(C)CC1. The molecule has 4 nitrogen and oxygen atoms in total. The van der Waals surface area contributed by atoms with E-state index in [4.69, 9.17) is 10.6 Å². The van der Waals surface area contributed by atoms with Crippen molar-refractivity contribution in [2.75, 3.05) is 6.61 Å². The lowest BCUT2D eigenvalue weighted by Crippen LogP contribution is -2.50. The van der Waals surface area contributed by atoms with Crippen molar-refractivity contribution in [3.8, 4) is 0 Å². The summed E-state index contributed by atoms with van der Waals surface area (Å²) in [6.07, 6.45) is 11.1. The molecule has 4 rings (SSSR count). The molecule has 0 aliphatic heterocycles. The van der Waals surface area contributed by atoms with Gasteiger partial charge in [-0.25, -0.2) is 0 Å². The summed E-state index contributed by atoms with van der Waals surface area (Å²) in [4.78, 5) is 18.1. The first-order valence-electron chi connectivity index (χ1n) is 10.9. The van der Waals surface area contributed by atoms with Gasteiger partial charge in [0.15, 0.2) is 0 Å². The van der Waals surface area contributed by atoms with Crippen LogP contribution in [0.2, 0.25) is 0 Å². The van der Waals surface area contributed by atoms with Crippen LogP contribution in [0, 0.1) is 28.6 Å². The zero-order valence-corrected chi connectivity index (χ0v) is 17.5. The van der Waals surface area contributed by atoms with Gasteiger partial charge in [-0.3, -0.25) is 4.79 Å². The molecule has 0 bridgehead atoms. The zero-order valence-electron chi connectivity index (χ0n) is 17.5. The predicted molar refractivity (Wildman–Crippen MR) is 108 cm³/mol.